The van der Waals surface area contributed by atoms with Gasteiger partial charge in [-0.3, -0.25) is 4.98 Å². The van der Waals surface area contributed by atoms with Crippen LogP contribution in [0.2, 0.25) is 0 Å². The number of rotatable bonds is 6. The fraction of sp³-hybridized carbons (Fsp3) is 0.500. The zero-order chi connectivity index (χ0) is 15.4. The summed E-state index contributed by atoms with van der Waals surface area (Å²) in [7, 11) is 0. The number of pyridine rings is 1. The van der Waals surface area contributed by atoms with Crippen LogP contribution in [0.4, 0.5) is 0 Å². The van der Waals surface area contributed by atoms with Crippen molar-refractivity contribution in [3.63, 3.8) is 0 Å². The number of hydrogen-bond donors (Lipinski definition) is 1. The van der Waals surface area contributed by atoms with Crippen LogP contribution in [0.3, 0.4) is 0 Å². The minimum atomic E-state index is 0.481. The number of thiazole rings is 1. The van der Waals surface area contributed by atoms with E-state index in [1.807, 2.05) is 6.20 Å². The molecule has 114 valence electrons. The molecule has 2 heterocycles. The average Bonchev–Trinajstić information content (AvgIpc) is 2.78. The monoisotopic (exact) mass is 367 g/mol. The van der Waals surface area contributed by atoms with E-state index >= 15 is 0 Å². The summed E-state index contributed by atoms with van der Waals surface area (Å²) in [5.74, 6) is 0.610. The lowest BCUT2D eigenvalue weighted by atomic mass is 10.1. The fourth-order valence-corrected chi connectivity index (χ4v) is 3.40. The fourth-order valence-electron chi connectivity index (χ4n) is 2.02. The van der Waals surface area contributed by atoms with Crippen molar-refractivity contribution in [2.45, 2.75) is 46.7 Å². The highest BCUT2D eigenvalue weighted by Gasteiger charge is 2.14. The van der Waals surface area contributed by atoms with E-state index < -0.39 is 0 Å². The van der Waals surface area contributed by atoms with Crippen molar-refractivity contribution in [2.24, 2.45) is 5.92 Å². The molecular formula is C16H22BrN3S. The molecule has 0 amide bonds. The summed E-state index contributed by atoms with van der Waals surface area (Å²) < 4.78 is 0.988. The highest BCUT2D eigenvalue weighted by Crippen LogP contribution is 2.30. The Balaban J connectivity index is 2.30. The van der Waals surface area contributed by atoms with Crippen molar-refractivity contribution in [1.82, 2.24) is 15.3 Å². The molecule has 21 heavy (non-hydrogen) atoms. The average molecular weight is 368 g/mol. The summed E-state index contributed by atoms with van der Waals surface area (Å²) in [5, 5.41) is 4.55. The van der Waals surface area contributed by atoms with Gasteiger partial charge >= 0.3 is 0 Å². The summed E-state index contributed by atoms with van der Waals surface area (Å²) >= 11 is 5.25. The first-order chi connectivity index (χ1) is 9.95. The van der Waals surface area contributed by atoms with Crippen LogP contribution in [0.25, 0.3) is 10.6 Å². The van der Waals surface area contributed by atoms with Crippen LogP contribution in [0.1, 0.15) is 38.3 Å². The van der Waals surface area contributed by atoms with Gasteiger partial charge < -0.3 is 5.32 Å². The van der Waals surface area contributed by atoms with Crippen molar-refractivity contribution in [3.8, 4) is 10.6 Å². The third kappa shape index (κ3) is 4.87. The quantitative estimate of drug-likeness (QED) is 0.806. The number of aromatic nitrogens is 2. The molecule has 0 atom stereocenters. The van der Waals surface area contributed by atoms with Gasteiger partial charge in [-0.15, -0.1) is 11.3 Å². The van der Waals surface area contributed by atoms with Crippen LogP contribution in [0, 0.1) is 5.92 Å². The van der Waals surface area contributed by atoms with Gasteiger partial charge in [-0.2, -0.15) is 0 Å². The standard InChI is InChI=1S/C16H22BrN3S/c1-10(2)5-14-15(9-19-11(3)4)21-16(20-14)12-6-13(17)8-18-7-12/h6-8,10-11,19H,5,9H2,1-4H3. The molecule has 2 aromatic heterocycles. The molecule has 0 spiro atoms. The van der Waals surface area contributed by atoms with Crippen molar-refractivity contribution in [1.29, 1.82) is 0 Å². The zero-order valence-electron chi connectivity index (χ0n) is 13.0. The van der Waals surface area contributed by atoms with Gasteiger partial charge in [-0.05, 0) is 34.3 Å². The minimum absolute atomic E-state index is 0.481. The van der Waals surface area contributed by atoms with E-state index in [4.69, 9.17) is 4.98 Å². The van der Waals surface area contributed by atoms with Gasteiger partial charge in [0.15, 0.2) is 0 Å². The number of nitrogens with zero attached hydrogens (tertiary/aromatic N) is 2. The lowest BCUT2D eigenvalue weighted by Crippen LogP contribution is -2.22. The smallest absolute Gasteiger partial charge is 0.125 e. The Morgan fingerprint density at radius 2 is 2.00 bits per heavy atom. The van der Waals surface area contributed by atoms with Gasteiger partial charge in [0.2, 0.25) is 0 Å². The maximum absolute atomic E-state index is 4.86. The number of halogens is 1. The molecule has 3 nitrogen and oxygen atoms in total. The van der Waals surface area contributed by atoms with Crippen molar-refractivity contribution >= 4 is 27.3 Å². The Morgan fingerprint density at radius 3 is 2.62 bits per heavy atom. The molecule has 5 heteroatoms. The van der Waals surface area contributed by atoms with E-state index in [9.17, 15) is 0 Å². The largest absolute Gasteiger partial charge is 0.310 e. The summed E-state index contributed by atoms with van der Waals surface area (Å²) in [6.45, 7) is 9.70. The Bertz CT molecular complexity index is 593. The first-order valence-corrected chi connectivity index (χ1v) is 8.89. The van der Waals surface area contributed by atoms with Crippen LogP contribution in [0.5, 0.6) is 0 Å². The van der Waals surface area contributed by atoms with Gasteiger partial charge in [-0.25, -0.2) is 4.98 Å². The maximum Gasteiger partial charge on any atom is 0.125 e. The Kier molecular flexibility index (Phi) is 5.90. The van der Waals surface area contributed by atoms with Crippen molar-refractivity contribution in [2.75, 3.05) is 0 Å². The molecule has 0 aliphatic heterocycles. The molecule has 0 saturated heterocycles. The highest BCUT2D eigenvalue weighted by atomic mass is 79.9. The van der Waals surface area contributed by atoms with E-state index in [0.29, 0.717) is 12.0 Å². The molecule has 1 N–H and O–H groups in total. The Morgan fingerprint density at radius 1 is 1.24 bits per heavy atom. The molecule has 0 aliphatic carbocycles. The van der Waals surface area contributed by atoms with Gasteiger partial charge in [0.05, 0.1) is 5.69 Å². The van der Waals surface area contributed by atoms with Gasteiger partial charge in [0.1, 0.15) is 5.01 Å². The third-order valence-electron chi connectivity index (χ3n) is 3.00. The number of nitrogens with one attached hydrogen (secondary N) is 1. The Hall–Kier alpha value is -0.780. The maximum atomic E-state index is 4.86. The van der Waals surface area contributed by atoms with Crippen LogP contribution >= 0.6 is 27.3 Å². The van der Waals surface area contributed by atoms with E-state index in [2.05, 4.69) is 60.0 Å². The van der Waals surface area contributed by atoms with E-state index in [1.54, 1.807) is 17.5 Å². The lowest BCUT2D eigenvalue weighted by Gasteiger charge is -2.08. The van der Waals surface area contributed by atoms with Crippen LogP contribution in [-0.2, 0) is 13.0 Å². The first kappa shape index (κ1) is 16.6. The van der Waals surface area contributed by atoms with Crippen molar-refractivity contribution < 1.29 is 0 Å². The second kappa shape index (κ2) is 7.47. The molecule has 0 saturated carbocycles. The molecule has 2 rings (SSSR count). The summed E-state index contributed by atoms with van der Waals surface area (Å²) in [4.78, 5) is 10.4. The predicted octanol–water partition coefficient (Wildman–Crippen LogP) is 4.66. The van der Waals surface area contributed by atoms with Gasteiger partial charge in [-0.1, -0.05) is 27.7 Å². The second-order valence-electron chi connectivity index (χ2n) is 5.91. The second-order valence-corrected chi connectivity index (χ2v) is 7.91. The van der Waals surface area contributed by atoms with Crippen LogP contribution < -0.4 is 5.32 Å². The predicted molar refractivity (Wildman–Crippen MR) is 93.6 cm³/mol. The number of hydrogen-bond acceptors (Lipinski definition) is 4. The van der Waals surface area contributed by atoms with Crippen molar-refractivity contribution in [3.05, 3.63) is 33.5 Å². The molecule has 0 fully saturated rings. The molecule has 0 aliphatic rings. The van der Waals surface area contributed by atoms with Crippen LogP contribution in [-0.4, -0.2) is 16.0 Å². The Labute approximate surface area is 139 Å². The molecule has 0 unspecified atom stereocenters. The van der Waals surface area contributed by atoms with Crippen LogP contribution in [0.15, 0.2) is 22.9 Å². The van der Waals surface area contributed by atoms with E-state index in [1.165, 1.54) is 10.6 Å². The summed E-state index contributed by atoms with van der Waals surface area (Å²) in [6.07, 6.45) is 4.70. The third-order valence-corrected chi connectivity index (χ3v) is 4.58. The van der Waals surface area contributed by atoms with Gasteiger partial charge in [0, 0.05) is 39.9 Å². The molecular weight excluding hydrogens is 346 g/mol. The summed E-state index contributed by atoms with van der Waals surface area (Å²) in [6, 6.07) is 2.56. The molecule has 0 bridgehead atoms. The first-order valence-electron chi connectivity index (χ1n) is 7.28. The summed E-state index contributed by atoms with van der Waals surface area (Å²) in [5.41, 5.74) is 2.30. The zero-order valence-corrected chi connectivity index (χ0v) is 15.4. The molecule has 0 aromatic carbocycles. The SMILES string of the molecule is CC(C)Cc1nc(-c2cncc(Br)c2)sc1CNC(C)C. The highest BCUT2D eigenvalue weighted by molar-refractivity contribution is 9.10. The minimum Gasteiger partial charge on any atom is -0.310 e. The van der Waals surface area contributed by atoms with Gasteiger partial charge in [0.25, 0.3) is 0 Å². The van der Waals surface area contributed by atoms with E-state index in [0.717, 1.165) is 28.0 Å². The lowest BCUT2D eigenvalue weighted by molar-refractivity contribution is 0.581. The normalized spacial score (nSPS) is 11.6. The molecule has 2 aromatic rings. The topological polar surface area (TPSA) is 37.8 Å². The molecule has 0 radical (unpaired) electrons. The van der Waals surface area contributed by atoms with E-state index in [-0.39, 0.29) is 0 Å².